The highest BCUT2D eigenvalue weighted by Crippen LogP contribution is 2.63. The van der Waals surface area contributed by atoms with Crippen LogP contribution in [0.15, 0.2) is 209 Å². The van der Waals surface area contributed by atoms with E-state index in [0.29, 0.717) is 0 Å². The van der Waals surface area contributed by atoms with Gasteiger partial charge in [0.05, 0.1) is 16.8 Å². The number of rotatable bonds is 4. The van der Waals surface area contributed by atoms with Crippen LogP contribution in [-0.4, -0.2) is 0 Å². The van der Waals surface area contributed by atoms with Crippen LogP contribution in [0.4, 0.5) is 11.4 Å². The molecule has 0 bridgehead atoms. The Labute approximate surface area is 319 Å². The predicted octanol–water partition coefficient (Wildman–Crippen LogP) is 14.0. The highest BCUT2D eigenvalue weighted by atomic mass is 16.3. The normalized spacial score (nSPS) is 17.6. The van der Waals surface area contributed by atoms with E-state index in [0.717, 1.165) is 44.4 Å². The van der Waals surface area contributed by atoms with Gasteiger partial charge in [0.25, 0.3) is 0 Å². The van der Waals surface area contributed by atoms with Crippen LogP contribution in [0, 0.1) is 5.41 Å². The largest absolute Gasteiger partial charge is 0.456 e. The number of hydrogen-bond donors (Lipinski definition) is 0. The Morgan fingerprint density at radius 1 is 0.436 bits per heavy atom. The van der Waals surface area contributed by atoms with E-state index in [2.05, 4.69) is 199 Å². The molecule has 2 heteroatoms. The van der Waals surface area contributed by atoms with Gasteiger partial charge in [-0.3, -0.25) is 0 Å². The van der Waals surface area contributed by atoms with Gasteiger partial charge in [0.2, 0.25) is 0 Å². The molecule has 1 unspecified atom stereocenters. The van der Waals surface area contributed by atoms with Crippen LogP contribution < -0.4 is 4.90 Å². The average molecular weight is 700 g/mol. The van der Waals surface area contributed by atoms with Crippen LogP contribution in [0.1, 0.15) is 22.3 Å². The van der Waals surface area contributed by atoms with E-state index in [1.54, 1.807) is 0 Å². The van der Waals surface area contributed by atoms with Crippen molar-refractivity contribution in [1.29, 1.82) is 0 Å². The highest BCUT2D eigenvalue weighted by molar-refractivity contribution is 6.14. The summed E-state index contributed by atoms with van der Waals surface area (Å²) >= 11 is 0. The summed E-state index contributed by atoms with van der Waals surface area (Å²) in [7, 11) is 0. The molecule has 1 heterocycles. The number of allylic oxidation sites excluding steroid dienone is 7. The fourth-order valence-electron chi connectivity index (χ4n) is 9.71. The third-order valence-corrected chi connectivity index (χ3v) is 12.0. The third kappa shape index (κ3) is 4.19. The lowest BCUT2D eigenvalue weighted by molar-refractivity contribution is 0.669. The number of anilines is 2. The van der Waals surface area contributed by atoms with Crippen molar-refractivity contribution < 1.29 is 4.42 Å². The van der Waals surface area contributed by atoms with Crippen molar-refractivity contribution in [3.8, 4) is 11.1 Å². The first-order chi connectivity index (χ1) is 27.3. The van der Waals surface area contributed by atoms with Crippen LogP contribution in [-0.2, 0) is 0 Å². The Hall–Kier alpha value is -7.16. The standard InChI is InChI=1S/C53H33NO/c1-6-20-39-34(14-1)17-11-26-47(39)54(48-25-9-7-21-42(48)43-23-12-28-50-52(43)44-22-8-10-27-49(44)55-50)51-30-29-41-38-19-5-3-16-36(38)33-46(41)53(51)31-13-24-40-37-18-4-2-15-35(37)32-45(40)53/h1-33H. The van der Waals surface area contributed by atoms with Crippen LogP contribution in [0.5, 0.6) is 0 Å². The molecule has 1 aromatic heterocycles. The number of benzene rings is 7. The Balaban J connectivity index is 1.19. The molecule has 0 fully saturated rings. The van der Waals surface area contributed by atoms with Gasteiger partial charge >= 0.3 is 0 Å². The lowest BCUT2D eigenvalue weighted by Crippen LogP contribution is -2.37. The topological polar surface area (TPSA) is 16.4 Å². The summed E-state index contributed by atoms with van der Waals surface area (Å²) in [6.45, 7) is 0. The summed E-state index contributed by atoms with van der Waals surface area (Å²) in [6, 6.07) is 56.9. The molecule has 0 N–H and O–H groups in total. The van der Waals surface area contributed by atoms with Crippen molar-refractivity contribution in [2.45, 2.75) is 0 Å². The van der Waals surface area contributed by atoms with E-state index in [9.17, 15) is 0 Å². The van der Waals surface area contributed by atoms with Gasteiger partial charge in [-0.1, -0.05) is 158 Å². The zero-order valence-corrected chi connectivity index (χ0v) is 29.9. The van der Waals surface area contributed by atoms with Gasteiger partial charge in [-0.15, -0.1) is 0 Å². The number of furan rings is 1. The van der Waals surface area contributed by atoms with Crippen molar-refractivity contribution >= 4 is 67.4 Å². The van der Waals surface area contributed by atoms with E-state index >= 15 is 0 Å². The summed E-state index contributed by atoms with van der Waals surface area (Å²) in [5.41, 5.74) is 17.1. The maximum Gasteiger partial charge on any atom is 0.136 e. The zero-order chi connectivity index (χ0) is 36.1. The van der Waals surface area contributed by atoms with Gasteiger partial charge in [-0.05, 0) is 98.0 Å². The minimum absolute atomic E-state index is 0.607. The Morgan fingerprint density at radius 2 is 1.02 bits per heavy atom. The van der Waals surface area contributed by atoms with Crippen LogP contribution in [0.2, 0.25) is 0 Å². The second-order valence-electron chi connectivity index (χ2n) is 14.8. The Morgan fingerprint density at radius 3 is 1.84 bits per heavy atom. The molecule has 0 saturated carbocycles. The maximum atomic E-state index is 6.46. The molecule has 1 spiro atoms. The minimum Gasteiger partial charge on any atom is -0.456 e. The molecular formula is C53H33NO. The van der Waals surface area contributed by atoms with Crippen molar-refractivity contribution in [2.24, 2.45) is 5.41 Å². The van der Waals surface area contributed by atoms with E-state index < -0.39 is 5.41 Å². The molecule has 1 atom stereocenters. The number of para-hydroxylation sites is 2. The Bertz CT molecular complexity index is 3130. The smallest absolute Gasteiger partial charge is 0.136 e. The van der Waals surface area contributed by atoms with Gasteiger partial charge in [0.1, 0.15) is 11.2 Å². The van der Waals surface area contributed by atoms with Gasteiger partial charge in [0.15, 0.2) is 0 Å². The second kappa shape index (κ2) is 11.4. The van der Waals surface area contributed by atoms with E-state index in [1.165, 1.54) is 61.0 Å². The van der Waals surface area contributed by atoms with Crippen molar-refractivity contribution in [3.05, 3.63) is 227 Å². The third-order valence-electron chi connectivity index (χ3n) is 12.0. The molecule has 4 aliphatic rings. The van der Waals surface area contributed by atoms with Crippen LogP contribution in [0.25, 0.3) is 67.1 Å². The zero-order valence-electron chi connectivity index (χ0n) is 29.9. The van der Waals surface area contributed by atoms with Gasteiger partial charge in [-0.2, -0.15) is 0 Å². The number of nitrogens with zero attached hydrogens (tertiary/aromatic N) is 1. The van der Waals surface area contributed by atoms with Crippen molar-refractivity contribution in [2.75, 3.05) is 4.90 Å². The lowest BCUT2D eigenvalue weighted by atomic mass is 9.63. The molecule has 8 aromatic rings. The van der Waals surface area contributed by atoms with E-state index in [4.69, 9.17) is 4.42 Å². The summed E-state index contributed by atoms with van der Waals surface area (Å²) in [6.07, 6.45) is 16.7. The number of fused-ring (bicyclic) bond motifs is 12. The molecule has 7 aromatic carbocycles. The first kappa shape index (κ1) is 30.3. The van der Waals surface area contributed by atoms with Crippen molar-refractivity contribution in [1.82, 2.24) is 0 Å². The molecule has 0 radical (unpaired) electrons. The summed E-state index contributed by atoms with van der Waals surface area (Å²) in [5.74, 6) is 0. The predicted molar refractivity (Wildman–Crippen MR) is 230 cm³/mol. The average Bonchev–Trinajstić information content (AvgIpc) is 3.95. The minimum atomic E-state index is -0.607. The van der Waals surface area contributed by atoms with Gasteiger partial charge in [-0.25, -0.2) is 0 Å². The Kier molecular flexibility index (Phi) is 6.29. The SMILES string of the molecule is C1=CC2(C3=Cc4ccccc4C3=C1)C1=Cc3ccccc3C1=CC=C2N(c1ccccc1-c1cccc2oc3ccccc3c12)c1cccc2ccccc12. The fourth-order valence-corrected chi connectivity index (χ4v) is 9.71. The summed E-state index contributed by atoms with van der Waals surface area (Å²) < 4.78 is 6.46. The monoisotopic (exact) mass is 699 g/mol. The molecule has 55 heavy (non-hydrogen) atoms. The maximum absolute atomic E-state index is 6.46. The van der Waals surface area contributed by atoms with Gasteiger partial charge in [0, 0.05) is 27.4 Å². The van der Waals surface area contributed by atoms with E-state index in [-0.39, 0.29) is 0 Å². The van der Waals surface area contributed by atoms with Crippen LogP contribution in [0.3, 0.4) is 0 Å². The molecule has 0 saturated heterocycles. The highest BCUT2D eigenvalue weighted by Gasteiger charge is 2.50. The first-order valence-electron chi connectivity index (χ1n) is 19.0. The molecule has 12 rings (SSSR count). The molecule has 4 aliphatic carbocycles. The second-order valence-corrected chi connectivity index (χ2v) is 14.8. The van der Waals surface area contributed by atoms with Crippen LogP contribution >= 0.6 is 0 Å². The summed E-state index contributed by atoms with van der Waals surface area (Å²) in [4.78, 5) is 2.56. The lowest BCUT2D eigenvalue weighted by Gasteiger charge is -2.46. The van der Waals surface area contributed by atoms with Gasteiger partial charge < -0.3 is 9.32 Å². The fraction of sp³-hybridized carbons (Fsp3) is 0.0189. The first-order valence-corrected chi connectivity index (χ1v) is 19.0. The van der Waals surface area contributed by atoms with Crippen molar-refractivity contribution in [3.63, 3.8) is 0 Å². The quantitative estimate of drug-likeness (QED) is 0.182. The molecular weight excluding hydrogens is 667 g/mol. The summed E-state index contributed by atoms with van der Waals surface area (Å²) in [5, 5.41) is 4.64. The molecule has 256 valence electrons. The molecule has 2 nitrogen and oxygen atoms in total. The molecule has 0 aliphatic heterocycles. The molecule has 0 amide bonds. The number of hydrogen-bond acceptors (Lipinski definition) is 2. The van der Waals surface area contributed by atoms with E-state index in [1.807, 2.05) is 6.07 Å².